The highest BCUT2D eigenvalue weighted by atomic mass is 16.5. The summed E-state index contributed by atoms with van der Waals surface area (Å²) in [4.78, 5) is 12.7. The zero-order chi connectivity index (χ0) is 14.0. The van der Waals surface area contributed by atoms with Gasteiger partial charge in [0.1, 0.15) is 5.75 Å². The second kappa shape index (κ2) is 5.77. The zero-order valence-corrected chi connectivity index (χ0v) is 12.5. The van der Waals surface area contributed by atoms with Crippen LogP contribution in [-0.4, -0.2) is 12.9 Å². The van der Waals surface area contributed by atoms with Crippen molar-refractivity contribution in [1.82, 2.24) is 0 Å². The SMILES string of the molecule is COc1cc(C)c(C(=O)C2CCCC(C)C2)cc1C. The maximum Gasteiger partial charge on any atom is 0.166 e. The molecule has 0 amide bonds. The van der Waals surface area contributed by atoms with Crippen LogP contribution in [0.15, 0.2) is 12.1 Å². The lowest BCUT2D eigenvalue weighted by molar-refractivity contribution is 0.0867. The Balaban J connectivity index is 2.26. The van der Waals surface area contributed by atoms with Gasteiger partial charge in [-0.1, -0.05) is 19.8 Å². The lowest BCUT2D eigenvalue weighted by Gasteiger charge is -2.26. The minimum Gasteiger partial charge on any atom is -0.496 e. The average molecular weight is 260 g/mol. The molecule has 0 radical (unpaired) electrons. The summed E-state index contributed by atoms with van der Waals surface area (Å²) < 4.78 is 5.31. The minimum absolute atomic E-state index is 0.218. The van der Waals surface area contributed by atoms with E-state index in [-0.39, 0.29) is 5.92 Å². The fourth-order valence-electron chi connectivity index (χ4n) is 3.17. The molecule has 0 aliphatic heterocycles. The summed E-state index contributed by atoms with van der Waals surface area (Å²) in [5.41, 5.74) is 2.96. The molecule has 0 heterocycles. The number of Topliss-reactive ketones (excluding diaryl/α,β-unsaturated/α-hetero) is 1. The van der Waals surface area contributed by atoms with Crippen LogP contribution < -0.4 is 4.74 Å². The van der Waals surface area contributed by atoms with Crippen LogP contribution in [0.4, 0.5) is 0 Å². The molecule has 19 heavy (non-hydrogen) atoms. The third-order valence-corrected chi connectivity index (χ3v) is 4.31. The van der Waals surface area contributed by atoms with Crippen LogP contribution in [0.3, 0.4) is 0 Å². The summed E-state index contributed by atoms with van der Waals surface area (Å²) in [6.45, 7) is 6.26. The average Bonchev–Trinajstić information content (AvgIpc) is 2.40. The van der Waals surface area contributed by atoms with Gasteiger partial charge in [-0.05, 0) is 55.9 Å². The number of carbonyl (C=O) groups excluding carboxylic acids is 1. The first kappa shape index (κ1) is 14.1. The molecule has 0 saturated heterocycles. The second-order valence-electron chi connectivity index (χ2n) is 5.97. The molecule has 2 atom stereocenters. The quantitative estimate of drug-likeness (QED) is 0.756. The Morgan fingerprint density at radius 1 is 1.21 bits per heavy atom. The highest BCUT2D eigenvalue weighted by molar-refractivity contribution is 5.99. The first-order chi connectivity index (χ1) is 9.02. The van der Waals surface area contributed by atoms with Crippen LogP contribution in [0.25, 0.3) is 0 Å². The smallest absolute Gasteiger partial charge is 0.166 e. The predicted octanol–water partition coefficient (Wildman–Crippen LogP) is 4.32. The molecular formula is C17H24O2. The van der Waals surface area contributed by atoms with Crippen molar-refractivity contribution in [2.45, 2.75) is 46.5 Å². The first-order valence-corrected chi connectivity index (χ1v) is 7.22. The van der Waals surface area contributed by atoms with Crippen molar-refractivity contribution in [3.8, 4) is 5.75 Å². The van der Waals surface area contributed by atoms with Crippen molar-refractivity contribution >= 4 is 5.78 Å². The monoisotopic (exact) mass is 260 g/mol. The Morgan fingerprint density at radius 2 is 1.95 bits per heavy atom. The maximum absolute atomic E-state index is 12.7. The molecule has 1 aromatic carbocycles. The zero-order valence-electron chi connectivity index (χ0n) is 12.5. The van der Waals surface area contributed by atoms with Crippen LogP contribution >= 0.6 is 0 Å². The maximum atomic E-state index is 12.7. The van der Waals surface area contributed by atoms with E-state index in [1.54, 1.807) is 7.11 Å². The van der Waals surface area contributed by atoms with Crippen LogP contribution in [0.2, 0.25) is 0 Å². The third-order valence-electron chi connectivity index (χ3n) is 4.31. The van der Waals surface area contributed by atoms with Gasteiger partial charge >= 0.3 is 0 Å². The molecule has 1 aliphatic carbocycles. The van der Waals surface area contributed by atoms with Gasteiger partial charge in [0.15, 0.2) is 5.78 Å². The Kier molecular flexibility index (Phi) is 4.28. The molecule has 1 saturated carbocycles. The van der Waals surface area contributed by atoms with Crippen molar-refractivity contribution in [3.63, 3.8) is 0 Å². The first-order valence-electron chi connectivity index (χ1n) is 7.22. The van der Waals surface area contributed by atoms with Gasteiger partial charge in [-0.15, -0.1) is 0 Å². The third kappa shape index (κ3) is 2.99. The van der Waals surface area contributed by atoms with Gasteiger partial charge in [-0.25, -0.2) is 0 Å². The van der Waals surface area contributed by atoms with Crippen molar-refractivity contribution in [2.75, 3.05) is 7.11 Å². The van der Waals surface area contributed by atoms with E-state index in [1.165, 1.54) is 12.8 Å². The Morgan fingerprint density at radius 3 is 2.58 bits per heavy atom. The van der Waals surface area contributed by atoms with E-state index in [0.717, 1.165) is 35.3 Å². The second-order valence-corrected chi connectivity index (χ2v) is 5.97. The predicted molar refractivity (Wildman–Crippen MR) is 77.9 cm³/mol. The molecule has 1 fully saturated rings. The highest BCUT2D eigenvalue weighted by Gasteiger charge is 2.27. The lowest BCUT2D eigenvalue weighted by Crippen LogP contribution is -2.22. The summed E-state index contributed by atoms with van der Waals surface area (Å²) in [6.07, 6.45) is 4.55. The highest BCUT2D eigenvalue weighted by Crippen LogP contribution is 2.33. The number of rotatable bonds is 3. The minimum atomic E-state index is 0.218. The van der Waals surface area contributed by atoms with Gasteiger partial charge in [0.05, 0.1) is 7.11 Å². The normalized spacial score (nSPS) is 23.2. The van der Waals surface area contributed by atoms with Crippen LogP contribution in [0, 0.1) is 25.7 Å². The number of hydrogen-bond donors (Lipinski definition) is 0. The number of aryl methyl sites for hydroxylation is 2. The summed E-state index contributed by atoms with van der Waals surface area (Å²) >= 11 is 0. The van der Waals surface area contributed by atoms with Crippen LogP contribution in [-0.2, 0) is 0 Å². The number of ketones is 1. The summed E-state index contributed by atoms with van der Waals surface area (Å²) in [7, 11) is 1.67. The van der Waals surface area contributed by atoms with E-state index >= 15 is 0 Å². The topological polar surface area (TPSA) is 26.3 Å². The van der Waals surface area contributed by atoms with Crippen molar-refractivity contribution in [1.29, 1.82) is 0 Å². The number of carbonyl (C=O) groups is 1. The van der Waals surface area contributed by atoms with Crippen molar-refractivity contribution < 1.29 is 9.53 Å². The van der Waals surface area contributed by atoms with Crippen LogP contribution in [0.5, 0.6) is 5.75 Å². The van der Waals surface area contributed by atoms with Gasteiger partial charge in [0, 0.05) is 11.5 Å². The molecule has 2 nitrogen and oxygen atoms in total. The summed E-state index contributed by atoms with van der Waals surface area (Å²) in [5, 5.41) is 0. The van der Waals surface area contributed by atoms with Gasteiger partial charge in [-0.2, -0.15) is 0 Å². The molecule has 1 aliphatic rings. The fourth-order valence-corrected chi connectivity index (χ4v) is 3.17. The van der Waals surface area contributed by atoms with Gasteiger partial charge < -0.3 is 4.74 Å². The van der Waals surface area contributed by atoms with E-state index in [9.17, 15) is 4.79 Å². The molecule has 0 bridgehead atoms. The summed E-state index contributed by atoms with van der Waals surface area (Å²) in [5.74, 6) is 2.10. The fraction of sp³-hybridized carbons (Fsp3) is 0.588. The molecule has 0 aromatic heterocycles. The van der Waals surface area contributed by atoms with Crippen molar-refractivity contribution in [3.05, 3.63) is 28.8 Å². The number of ether oxygens (including phenoxy) is 1. The van der Waals surface area contributed by atoms with Crippen LogP contribution in [0.1, 0.15) is 54.1 Å². The Bertz CT molecular complexity index is 476. The van der Waals surface area contributed by atoms with Gasteiger partial charge in [-0.3, -0.25) is 4.79 Å². The van der Waals surface area contributed by atoms with Crippen molar-refractivity contribution in [2.24, 2.45) is 11.8 Å². The number of hydrogen-bond acceptors (Lipinski definition) is 2. The standard InChI is InChI=1S/C17H24O2/c1-11-6-5-7-14(8-11)17(18)15-9-13(3)16(19-4)10-12(15)2/h9-11,14H,5-8H2,1-4H3. The molecule has 1 aromatic rings. The number of methoxy groups -OCH3 is 1. The molecule has 0 spiro atoms. The molecular weight excluding hydrogens is 236 g/mol. The molecule has 2 rings (SSSR count). The lowest BCUT2D eigenvalue weighted by atomic mass is 9.78. The molecule has 2 unspecified atom stereocenters. The van der Waals surface area contributed by atoms with E-state index in [2.05, 4.69) is 6.92 Å². The van der Waals surface area contributed by atoms with E-state index < -0.39 is 0 Å². The Labute approximate surface area is 116 Å². The molecule has 0 N–H and O–H groups in total. The Hall–Kier alpha value is -1.31. The van der Waals surface area contributed by atoms with Gasteiger partial charge in [0.2, 0.25) is 0 Å². The van der Waals surface area contributed by atoms with E-state index in [4.69, 9.17) is 4.74 Å². The number of benzene rings is 1. The van der Waals surface area contributed by atoms with E-state index in [0.29, 0.717) is 11.7 Å². The summed E-state index contributed by atoms with van der Waals surface area (Å²) in [6, 6.07) is 3.98. The largest absolute Gasteiger partial charge is 0.496 e. The molecule has 2 heteroatoms. The molecule has 104 valence electrons. The van der Waals surface area contributed by atoms with E-state index in [1.807, 2.05) is 26.0 Å². The van der Waals surface area contributed by atoms with Gasteiger partial charge in [0.25, 0.3) is 0 Å².